The number of benzene rings is 1. The highest BCUT2D eigenvalue weighted by atomic mass is 16.2. The van der Waals surface area contributed by atoms with Crippen molar-refractivity contribution in [3.05, 3.63) is 51.6 Å². The van der Waals surface area contributed by atoms with E-state index in [1.165, 1.54) is 5.56 Å². The zero-order chi connectivity index (χ0) is 21.1. The zero-order valence-electron chi connectivity index (χ0n) is 17.6. The molecule has 3 aromatic rings. The summed E-state index contributed by atoms with van der Waals surface area (Å²) in [5.41, 5.74) is 2.72. The Balaban J connectivity index is 1.59. The van der Waals surface area contributed by atoms with Crippen LogP contribution in [0.1, 0.15) is 61.9 Å². The van der Waals surface area contributed by atoms with Crippen LogP contribution in [0.4, 0.5) is 0 Å². The Hall–Kier alpha value is -3.03. The number of hydrogen-bond acceptors (Lipinski definition) is 5. The van der Waals surface area contributed by atoms with Gasteiger partial charge >= 0.3 is 0 Å². The van der Waals surface area contributed by atoms with Crippen molar-refractivity contribution in [2.45, 2.75) is 58.4 Å². The molecule has 1 aromatic carbocycles. The minimum Gasteiger partial charge on any atom is -0.342 e. The fourth-order valence-corrected chi connectivity index (χ4v) is 3.96. The number of nitrogens with one attached hydrogen (secondary N) is 1. The predicted molar refractivity (Wildman–Crippen MR) is 114 cm³/mol. The normalized spacial score (nSPS) is 16.9. The van der Waals surface area contributed by atoms with E-state index in [9.17, 15) is 9.59 Å². The molecule has 1 aliphatic heterocycles. The number of fused-ring (bicyclic) bond motifs is 1. The van der Waals surface area contributed by atoms with E-state index >= 15 is 0 Å². The van der Waals surface area contributed by atoms with Gasteiger partial charge in [0.05, 0.1) is 6.54 Å². The van der Waals surface area contributed by atoms with Gasteiger partial charge in [0.2, 0.25) is 5.91 Å². The van der Waals surface area contributed by atoms with Gasteiger partial charge in [0.25, 0.3) is 5.56 Å². The van der Waals surface area contributed by atoms with Crippen molar-refractivity contribution >= 4 is 17.1 Å². The summed E-state index contributed by atoms with van der Waals surface area (Å²) in [6.45, 7) is 6.00. The van der Waals surface area contributed by atoms with Crippen LogP contribution in [-0.2, 0) is 11.3 Å². The third-order valence-corrected chi connectivity index (χ3v) is 5.75. The maximum absolute atomic E-state index is 12.6. The molecule has 0 bridgehead atoms. The van der Waals surface area contributed by atoms with Crippen LogP contribution in [0.15, 0.2) is 29.1 Å². The van der Waals surface area contributed by atoms with E-state index in [2.05, 4.69) is 22.2 Å². The largest absolute Gasteiger partial charge is 0.342 e. The monoisotopic (exact) mass is 408 g/mol. The van der Waals surface area contributed by atoms with Gasteiger partial charge in [0, 0.05) is 25.4 Å². The molecule has 3 heterocycles. The number of nitrogens with zero attached hydrogens (tertiary/aromatic N) is 5. The number of piperidine rings is 1. The second-order valence-corrected chi connectivity index (χ2v) is 8.14. The van der Waals surface area contributed by atoms with E-state index in [0.29, 0.717) is 31.0 Å². The number of likely N-dealkylation sites (tertiary alicyclic amines) is 1. The van der Waals surface area contributed by atoms with E-state index in [0.717, 1.165) is 37.8 Å². The first-order valence-corrected chi connectivity index (χ1v) is 10.7. The summed E-state index contributed by atoms with van der Waals surface area (Å²) < 4.78 is 1.67. The predicted octanol–water partition coefficient (Wildman–Crippen LogP) is 2.77. The molecule has 30 heavy (non-hydrogen) atoms. The minimum atomic E-state index is -0.278. The SMILES string of the molecule is CCCCC(=O)N1CCC[C@@H](c2nc3c(nnn3Cc3ccc(C)cc3)c(=O)[nH]2)C1. The lowest BCUT2D eigenvalue weighted by Crippen LogP contribution is -2.39. The summed E-state index contributed by atoms with van der Waals surface area (Å²) in [6.07, 6.45) is 4.30. The number of carbonyl (C=O) groups is 1. The number of carbonyl (C=O) groups excluding carboxylic acids is 1. The van der Waals surface area contributed by atoms with Crippen LogP contribution < -0.4 is 5.56 Å². The fourth-order valence-electron chi connectivity index (χ4n) is 3.96. The fraction of sp³-hybridized carbons (Fsp3) is 0.500. The van der Waals surface area contributed by atoms with Crippen molar-refractivity contribution in [3.63, 3.8) is 0 Å². The zero-order valence-corrected chi connectivity index (χ0v) is 17.6. The minimum absolute atomic E-state index is 0.0177. The lowest BCUT2D eigenvalue weighted by molar-refractivity contribution is -0.132. The van der Waals surface area contributed by atoms with E-state index in [1.807, 2.05) is 36.1 Å². The quantitative estimate of drug-likeness (QED) is 0.676. The van der Waals surface area contributed by atoms with Crippen molar-refractivity contribution < 1.29 is 4.79 Å². The van der Waals surface area contributed by atoms with Gasteiger partial charge in [-0.2, -0.15) is 0 Å². The molecule has 1 N–H and O–H groups in total. The number of unbranched alkanes of at least 4 members (excludes halogenated alkanes) is 1. The Labute approximate surface area is 175 Å². The Morgan fingerprint density at radius 2 is 2.07 bits per heavy atom. The molecule has 0 aliphatic carbocycles. The molecule has 8 heteroatoms. The van der Waals surface area contributed by atoms with Crippen LogP contribution in [0.2, 0.25) is 0 Å². The first kappa shape index (κ1) is 20.3. The average molecular weight is 409 g/mol. The molecule has 1 aliphatic rings. The van der Waals surface area contributed by atoms with E-state index in [-0.39, 0.29) is 22.9 Å². The number of H-pyrrole nitrogens is 1. The van der Waals surface area contributed by atoms with Gasteiger partial charge in [-0.15, -0.1) is 5.10 Å². The number of rotatable bonds is 6. The second-order valence-electron chi connectivity index (χ2n) is 8.14. The Kier molecular flexibility index (Phi) is 5.92. The van der Waals surface area contributed by atoms with Gasteiger partial charge in [0.15, 0.2) is 11.2 Å². The Bertz CT molecular complexity index is 1090. The molecule has 0 radical (unpaired) electrons. The van der Waals surface area contributed by atoms with Crippen LogP contribution in [0, 0.1) is 6.92 Å². The van der Waals surface area contributed by atoms with Gasteiger partial charge in [-0.25, -0.2) is 9.67 Å². The van der Waals surface area contributed by atoms with Crippen molar-refractivity contribution in [3.8, 4) is 0 Å². The number of amides is 1. The van der Waals surface area contributed by atoms with Crippen LogP contribution in [0.5, 0.6) is 0 Å². The maximum Gasteiger partial charge on any atom is 0.281 e. The molecule has 0 spiro atoms. The highest BCUT2D eigenvalue weighted by Gasteiger charge is 2.27. The van der Waals surface area contributed by atoms with Gasteiger partial charge < -0.3 is 9.88 Å². The molecule has 158 valence electrons. The molecule has 1 atom stereocenters. The molecule has 1 fully saturated rings. The van der Waals surface area contributed by atoms with Crippen molar-refractivity contribution in [2.75, 3.05) is 13.1 Å². The van der Waals surface area contributed by atoms with Gasteiger partial charge in [-0.3, -0.25) is 9.59 Å². The van der Waals surface area contributed by atoms with E-state index in [1.54, 1.807) is 4.68 Å². The molecule has 0 unspecified atom stereocenters. The summed E-state index contributed by atoms with van der Waals surface area (Å²) in [5.74, 6) is 0.827. The maximum atomic E-state index is 12.6. The van der Waals surface area contributed by atoms with Crippen LogP contribution in [-0.4, -0.2) is 48.9 Å². The summed E-state index contributed by atoms with van der Waals surface area (Å²) in [4.78, 5) is 34.6. The Morgan fingerprint density at radius 3 is 2.83 bits per heavy atom. The Morgan fingerprint density at radius 1 is 1.27 bits per heavy atom. The summed E-state index contributed by atoms with van der Waals surface area (Å²) in [7, 11) is 0. The smallest absolute Gasteiger partial charge is 0.281 e. The lowest BCUT2D eigenvalue weighted by Gasteiger charge is -2.32. The summed E-state index contributed by atoms with van der Waals surface area (Å²) in [6, 6.07) is 8.17. The van der Waals surface area contributed by atoms with Crippen molar-refractivity contribution in [1.29, 1.82) is 0 Å². The molecule has 1 amide bonds. The third kappa shape index (κ3) is 4.27. The molecule has 2 aromatic heterocycles. The number of aromatic nitrogens is 5. The van der Waals surface area contributed by atoms with E-state index < -0.39 is 0 Å². The number of aromatic amines is 1. The van der Waals surface area contributed by atoms with Crippen LogP contribution in [0.25, 0.3) is 11.2 Å². The standard InChI is InChI=1S/C22H28N6O2/c1-3-4-7-18(29)27-12-5-6-17(14-27)20-23-21-19(22(30)24-20)25-26-28(21)13-16-10-8-15(2)9-11-16/h8-11,17H,3-7,12-14H2,1-2H3,(H,23,24,30)/t17-/m1/s1. The highest BCUT2D eigenvalue weighted by Crippen LogP contribution is 2.25. The van der Waals surface area contributed by atoms with Crippen LogP contribution >= 0.6 is 0 Å². The van der Waals surface area contributed by atoms with Crippen molar-refractivity contribution in [1.82, 2.24) is 29.9 Å². The van der Waals surface area contributed by atoms with Gasteiger partial charge in [-0.05, 0) is 31.7 Å². The third-order valence-electron chi connectivity index (χ3n) is 5.75. The number of hydrogen-bond donors (Lipinski definition) is 1. The topological polar surface area (TPSA) is 96.8 Å². The molecule has 1 saturated heterocycles. The van der Waals surface area contributed by atoms with Gasteiger partial charge in [0.1, 0.15) is 5.82 Å². The summed E-state index contributed by atoms with van der Waals surface area (Å²) >= 11 is 0. The van der Waals surface area contributed by atoms with Gasteiger partial charge in [-0.1, -0.05) is 48.4 Å². The van der Waals surface area contributed by atoms with Crippen molar-refractivity contribution in [2.24, 2.45) is 0 Å². The van der Waals surface area contributed by atoms with E-state index in [4.69, 9.17) is 4.98 Å². The summed E-state index contributed by atoms with van der Waals surface area (Å²) in [5, 5.41) is 8.19. The molecule has 4 rings (SSSR count). The van der Waals surface area contributed by atoms with Crippen LogP contribution in [0.3, 0.4) is 0 Å². The first-order chi connectivity index (χ1) is 14.5. The molecule has 8 nitrogen and oxygen atoms in total. The molecular weight excluding hydrogens is 380 g/mol. The first-order valence-electron chi connectivity index (χ1n) is 10.7. The molecule has 0 saturated carbocycles. The highest BCUT2D eigenvalue weighted by molar-refractivity contribution is 5.76. The lowest BCUT2D eigenvalue weighted by atomic mass is 9.96. The second kappa shape index (κ2) is 8.77. The molecular formula is C22H28N6O2. The number of aryl methyl sites for hydroxylation is 1. The average Bonchev–Trinajstić information content (AvgIpc) is 3.17.